The van der Waals surface area contributed by atoms with E-state index in [1.165, 1.54) is 5.56 Å². The normalized spacial score (nSPS) is 23.7. The van der Waals surface area contributed by atoms with Gasteiger partial charge in [-0.05, 0) is 44.4 Å². The molecule has 0 aromatic carbocycles. The third-order valence-electron chi connectivity index (χ3n) is 5.33. The van der Waals surface area contributed by atoms with E-state index in [1.807, 2.05) is 38.4 Å². The van der Waals surface area contributed by atoms with Crippen LogP contribution >= 0.6 is 0 Å². The first kappa shape index (κ1) is 15.4. The number of hydrogen-bond donors (Lipinski definition) is 0. The smallest absolute Gasteiger partial charge is 0.257 e. The zero-order chi connectivity index (χ0) is 16.7. The third-order valence-corrected chi connectivity index (χ3v) is 5.33. The molecule has 0 radical (unpaired) electrons. The van der Waals surface area contributed by atoms with Gasteiger partial charge in [0, 0.05) is 44.1 Å². The van der Waals surface area contributed by atoms with Crippen molar-refractivity contribution < 1.29 is 9.21 Å². The standard InChI is InChI=1S/C19H23N3O2/c1-13-10-16(14(2)24-13)19(23)22-9-6-17-18(22)5-8-21(17)12-15-4-3-7-20-11-15/h3-4,7,10-11,17-18H,5-6,8-9,12H2,1-2H3/t17-,18-/m0/s1. The molecule has 24 heavy (non-hydrogen) atoms. The van der Waals surface area contributed by atoms with E-state index in [1.54, 1.807) is 0 Å². The summed E-state index contributed by atoms with van der Waals surface area (Å²) in [5.41, 5.74) is 1.96. The van der Waals surface area contributed by atoms with E-state index < -0.39 is 0 Å². The molecule has 0 spiro atoms. The molecule has 0 N–H and O–H groups in total. The maximum atomic E-state index is 12.9. The summed E-state index contributed by atoms with van der Waals surface area (Å²) in [5, 5.41) is 0. The monoisotopic (exact) mass is 325 g/mol. The fourth-order valence-corrected chi connectivity index (χ4v) is 4.25. The van der Waals surface area contributed by atoms with Crippen LogP contribution in [0.25, 0.3) is 0 Å². The number of aromatic nitrogens is 1. The lowest BCUT2D eigenvalue weighted by Gasteiger charge is -2.25. The first-order valence-electron chi connectivity index (χ1n) is 8.64. The first-order chi connectivity index (χ1) is 11.6. The number of nitrogens with zero attached hydrogens (tertiary/aromatic N) is 3. The van der Waals surface area contributed by atoms with Gasteiger partial charge in [-0.15, -0.1) is 0 Å². The maximum Gasteiger partial charge on any atom is 0.257 e. The Hall–Kier alpha value is -2.14. The summed E-state index contributed by atoms with van der Waals surface area (Å²) in [5.74, 6) is 1.66. The summed E-state index contributed by atoms with van der Waals surface area (Å²) >= 11 is 0. The Morgan fingerprint density at radius 1 is 1.29 bits per heavy atom. The van der Waals surface area contributed by atoms with E-state index in [9.17, 15) is 4.79 Å². The van der Waals surface area contributed by atoms with Gasteiger partial charge in [0.25, 0.3) is 5.91 Å². The summed E-state index contributed by atoms with van der Waals surface area (Å²) in [6, 6.07) is 6.76. The second kappa shape index (κ2) is 6.06. The van der Waals surface area contributed by atoms with Crippen molar-refractivity contribution in [1.29, 1.82) is 0 Å². The molecule has 2 aliphatic rings. The van der Waals surface area contributed by atoms with Crippen LogP contribution in [0.15, 0.2) is 35.0 Å². The van der Waals surface area contributed by atoms with E-state index >= 15 is 0 Å². The number of furan rings is 1. The Kier molecular flexibility index (Phi) is 3.88. The van der Waals surface area contributed by atoms with E-state index in [4.69, 9.17) is 4.42 Å². The summed E-state index contributed by atoms with van der Waals surface area (Å²) < 4.78 is 5.54. The van der Waals surface area contributed by atoms with Crippen molar-refractivity contribution in [3.8, 4) is 0 Å². The van der Waals surface area contributed by atoms with Crippen LogP contribution in [0.4, 0.5) is 0 Å². The van der Waals surface area contributed by atoms with Gasteiger partial charge in [0.1, 0.15) is 11.5 Å². The molecule has 4 rings (SSSR count). The topological polar surface area (TPSA) is 49.6 Å². The van der Waals surface area contributed by atoms with Gasteiger partial charge in [-0.3, -0.25) is 14.7 Å². The molecular formula is C19H23N3O2. The van der Waals surface area contributed by atoms with Crippen molar-refractivity contribution in [2.45, 2.75) is 45.3 Å². The summed E-state index contributed by atoms with van der Waals surface area (Å²) in [7, 11) is 0. The van der Waals surface area contributed by atoms with Gasteiger partial charge in [0.2, 0.25) is 0 Å². The lowest BCUT2D eigenvalue weighted by atomic mass is 10.1. The molecule has 2 saturated heterocycles. The lowest BCUT2D eigenvalue weighted by molar-refractivity contribution is 0.0730. The molecule has 2 fully saturated rings. The molecule has 2 atom stereocenters. The van der Waals surface area contributed by atoms with Crippen LogP contribution in [-0.2, 0) is 6.54 Å². The number of aryl methyl sites for hydroxylation is 2. The molecule has 0 unspecified atom stereocenters. The van der Waals surface area contributed by atoms with E-state index in [2.05, 4.69) is 20.9 Å². The van der Waals surface area contributed by atoms with Crippen molar-refractivity contribution in [2.24, 2.45) is 0 Å². The number of pyridine rings is 1. The minimum Gasteiger partial charge on any atom is -0.466 e. The molecule has 5 heteroatoms. The molecule has 126 valence electrons. The Bertz CT molecular complexity index is 740. The Labute approximate surface area is 142 Å². The predicted molar refractivity (Wildman–Crippen MR) is 90.7 cm³/mol. The van der Waals surface area contributed by atoms with Gasteiger partial charge in [-0.2, -0.15) is 0 Å². The summed E-state index contributed by atoms with van der Waals surface area (Å²) in [6.45, 7) is 6.55. The van der Waals surface area contributed by atoms with Crippen molar-refractivity contribution in [2.75, 3.05) is 13.1 Å². The lowest BCUT2D eigenvalue weighted by Crippen LogP contribution is -2.39. The third kappa shape index (κ3) is 2.63. The van der Waals surface area contributed by atoms with Gasteiger partial charge in [0.05, 0.1) is 5.56 Å². The van der Waals surface area contributed by atoms with Crippen LogP contribution in [0.5, 0.6) is 0 Å². The van der Waals surface area contributed by atoms with Gasteiger partial charge < -0.3 is 9.32 Å². The molecule has 5 nitrogen and oxygen atoms in total. The number of rotatable bonds is 3. The van der Waals surface area contributed by atoms with Crippen LogP contribution in [0.1, 0.15) is 40.3 Å². The van der Waals surface area contributed by atoms with Crippen LogP contribution in [0, 0.1) is 13.8 Å². The SMILES string of the molecule is Cc1cc(C(=O)N2CC[C@H]3[C@@H]2CCN3Cc2cccnc2)c(C)o1. The van der Waals surface area contributed by atoms with E-state index in [-0.39, 0.29) is 5.91 Å². The maximum absolute atomic E-state index is 12.9. The number of hydrogen-bond acceptors (Lipinski definition) is 4. The second-order valence-electron chi connectivity index (χ2n) is 6.87. The highest BCUT2D eigenvalue weighted by Gasteiger charge is 2.44. The minimum absolute atomic E-state index is 0.125. The van der Waals surface area contributed by atoms with E-state index in [0.29, 0.717) is 12.1 Å². The first-order valence-corrected chi connectivity index (χ1v) is 8.64. The largest absolute Gasteiger partial charge is 0.466 e. The number of carbonyl (C=O) groups is 1. The zero-order valence-electron chi connectivity index (χ0n) is 14.2. The summed E-state index contributed by atoms with van der Waals surface area (Å²) in [6.07, 6.45) is 5.84. The van der Waals surface area contributed by atoms with Gasteiger partial charge in [-0.1, -0.05) is 6.07 Å². The Morgan fingerprint density at radius 3 is 2.83 bits per heavy atom. The van der Waals surface area contributed by atoms with Gasteiger partial charge in [-0.25, -0.2) is 0 Å². The fourth-order valence-electron chi connectivity index (χ4n) is 4.25. The predicted octanol–water partition coefficient (Wildman–Crippen LogP) is 2.78. The molecular weight excluding hydrogens is 302 g/mol. The van der Waals surface area contributed by atoms with Crippen LogP contribution in [-0.4, -0.2) is 45.9 Å². The van der Waals surface area contributed by atoms with Crippen LogP contribution < -0.4 is 0 Å². The number of carbonyl (C=O) groups excluding carboxylic acids is 1. The number of fused-ring (bicyclic) bond motifs is 1. The molecule has 2 aromatic heterocycles. The molecule has 2 aromatic rings. The molecule has 2 aliphatic heterocycles. The van der Waals surface area contributed by atoms with Crippen molar-refractivity contribution in [3.05, 3.63) is 53.2 Å². The average molecular weight is 325 g/mol. The van der Waals surface area contributed by atoms with E-state index in [0.717, 1.165) is 49.6 Å². The Balaban J connectivity index is 1.48. The molecule has 1 amide bonds. The fraction of sp³-hybridized carbons (Fsp3) is 0.474. The van der Waals surface area contributed by atoms with Crippen LogP contribution in [0.2, 0.25) is 0 Å². The van der Waals surface area contributed by atoms with Crippen molar-refractivity contribution in [3.63, 3.8) is 0 Å². The highest BCUT2D eigenvalue weighted by molar-refractivity contribution is 5.95. The average Bonchev–Trinajstić information content (AvgIpc) is 3.24. The Morgan fingerprint density at radius 2 is 2.12 bits per heavy atom. The van der Waals surface area contributed by atoms with Crippen molar-refractivity contribution in [1.82, 2.24) is 14.8 Å². The second-order valence-corrected chi connectivity index (χ2v) is 6.87. The molecule has 4 heterocycles. The highest BCUT2D eigenvalue weighted by Crippen LogP contribution is 2.34. The van der Waals surface area contributed by atoms with Gasteiger partial charge in [0.15, 0.2) is 0 Å². The highest BCUT2D eigenvalue weighted by atomic mass is 16.3. The number of amides is 1. The minimum atomic E-state index is 0.125. The summed E-state index contributed by atoms with van der Waals surface area (Å²) in [4.78, 5) is 21.7. The van der Waals surface area contributed by atoms with Crippen molar-refractivity contribution >= 4 is 5.91 Å². The van der Waals surface area contributed by atoms with Crippen LogP contribution in [0.3, 0.4) is 0 Å². The quantitative estimate of drug-likeness (QED) is 0.871. The molecule has 0 bridgehead atoms. The molecule has 0 aliphatic carbocycles. The number of likely N-dealkylation sites (tertiary alicyclic amines) is 2. The van der Waals surface area contributed by atoms with Gasteiger partial charge >= 0.3 is 0 Å². The zero-order valence-corrected chi connectivity index (χ0v) is 14.2. The molecule has 0 saturated carbocycles.